The summed E-state index contributed by atoms with van der Waals surface area (Å²) in [6.07, 6.45) is 5.58. The van der Waals surface area contributed by atoms with Gasteiger partial charge in [0, 0.05) is 11.0 Å². The topological polar surface area (TPSA) is 29.1 Å². The molecule has 1 amide bonds. The minimum atomic E-state index is 0.00967. The summed E-state index contributed by atoms with van der Waals surface area (Å²) >= 11 is 5.33. The van der Waals surface area contributed by atoms with Crippen LogP contribution in [-0.2, 0) is 0 Å². The van der Waals surface area contributed by atoms with E-state index in [-0.39, 0.29) is 5.91 Å². The zero-order chi connectivity index (χ0) is 13.4. The highest BCUT2D eigenvalue weighted by atomic mass is 79.9. The van der Waals surface area contributed by atoms with Crippen LogP contribution in [0.25, 0.3) is 0 Å². The number of hydrogen-bond acceptors (Lipinski definition) is 2. The molecule has 0 saturated heterocycles. The SMILES string of the molecule is CSCCCCCNC(=O)c1cccc(C)c1Br. The Bertz CT molecular complexity index is 395. The van der Waals surface area contributed by atoms with Crippen molar-refractivity contribution in [2.75, 3.05) is 18.6 Å². The molecular formula is C14H20BrNOS. The van der Waals surface area contributed by atoms with Gasteiger partial charge in [-0.25, -0.2) is 0 Å². The largest absolute Gasteiger partial charge is 0.352 e. The number of unbranched alkanes of at least 4 members (excludes halogenated alkanes) is 2. The van der Waals surface area contributed by atoms with Crippen molar-refractivity contribution in [3.05, 3.63) is 33.8 Å². The molecule has 0 bridgehead atoms. The predicted octanol–water partition coefficient (Wildman–Crippen LogP) is 4.02. The predicted molar refractivity (Wildman–Crippen MR) is 83.4 cm³/mol. The van der Waals surface area contributed by atoms with Gasteiger partial charge >= 0.3 is 0 Å². The fourth-order valence-corrected chi connectivity index (χ4v) is 2.61. The fourth-order valence-electron chi connectivity index (χ4n) is 1.67. The van der Waals surface area contributed by atoms with Crippen molar-refractivity contribution < 1.29 is 4.79 Å². The van der Waals surface area contributed by atoms with E-state index in [4.69, 9.17) is 0 Å². The summed E-state index contributed by atoms with van der Waals surface area (Å²) in [5.41, 5.74) is 1.81. The second kappa shape index (κ2) is 8.59. The number of carbonyl (C=O) groups excluding carboxylic acids is 1. The van der Waals surface area contributed by atoms with E-state index in [9.17, 15) is 4.79 Å². The molecule has 0 unspecified atom stereocenters. The van der Waals surface area contributed by atoms with Crippen molar-refractivity contribution in [2.24, 2.45) is 0 Å². The zero-order valence-corrected chi connectivity index (χ0v) is 13.4. The van der Waals surface area contributed by atoms with Crippen LogP contribution in [0.5, 0.6) is 0 Å². The van der Waals surface area contributed by atoms with E-state index in [1.54, 1.807) is 0 Å². The maximum absolute atomic E-state index is 12.0. The van der Waals surface area contributed by atoms with Crippen LogP contribution in [0, 0.1) is 6.92 Å². The molecule has 0 atom stereocenters. The molecule has 100 valence electrons. The van der Waals surface area contributed by atoms with Gasteiger partial charge in [0.05, 0.1) is 5.56 Å². The van der Waals surface area contributed by atoms with Crippen LogP contribution in [0.4, 0.5) is 0 Å². The van der Waals surface area contributed by atoms with Crippen LogP contribution < -0.4 is 5.32 Å². The number of aryl methyl sites for hydroxylation is 1. The Morgan fingerprint density at radius 3 is 2.83 bits per heavy atom. The Labute approximate surface area is 122 Å². The molecule has 0 aliphatic carbocycles. The van der Waals surface area contributed by atoms with E-state index in [0.29, 0.717) is 0 Å². The van der Waals surface area contributed by atoms with Gasteiger partial charge < -0.3 is 5.32 Å². The number of rotatable bonds is 7. The first-order valence-corrected chi connectivity index (χ1v) is 8.37. The van der Waals surface area contributed by atoms with Gasteiger partial charge in [-0.05, 0) is 59.3 Å². The Morgan fingerprint density at radius 1 is 1.33 bits per heavy atom. The maximum atomic E-state index is 12.0. The molecule has 0 aliphatic rings. The lowest BCUT2D eigenvalue weighted by molar-refractivity contribution is 0.0952. The van der Waals surface area contributed by atoms with E-state index in [1.807, 2.05) is 36.9 Å². The summed E-state index contributed by atoms with van der Waals surface area (Å²) in [5.74, 6) is 1.22. The molecule has 1 aromatic carbocycles. The lowest BCUT2D eigenvalue weighted by Crippen LogP contribution is -2.24. The maximum Gasteiger partial charge on any atom is 0.252 e. The number of amides is 1. The van der Waals surface area contributed by atoms with Crippen LogP contribution >= 0.6 is 27.7 Å². The standard InChI is InChI=1S/C14H20BrNOS/c1-11-7-6-8-12(13(11)15)14(17)16-9-4-3-5-10-18-2/h6-8H,3-5,9-10H2,1-2H3,(H,16,17). The second-order valence-electron chi connectivity index (χ2n) is 4.25. The van der Waals surface area contributed by atoms with Gasteiger partial charge in [-0.15, -0.1) is 0 Å². The number of halogens is 1. The minimum Gasteiger partial charge on any atom is -0.352 e. The highest BCUT2D eigenvalue weighted by Crippen LogP contribution is 2.20. The average Bonchev–Trinajstić information content (AvgIpc) is 2.36. The van der Waals surface area contributed by atoms with E-state index in [0.717, 1.165) is 28.6 Å². The zero-order valence-electron chi connectivity index (χ0n) is 11.0. The molecule has 0 radical (unpaired) electrons. The summed E-state index contributed by atoms with van der Waals surface area (Å²) < 4.78 is 0.893. The molecular weight excluding hydrogens is 310 g/mol. The van der Waals surface area contributed by atoms with Gasteiger partial charge in [0.15, 0.2) is 0 Å². The van der Waals surface area contributed by atoms with E-state index in [1.165, 1.54) is 18.6 Å². The van der Waals surface area contributed by atoms with Gasteiger partial charge in [0.25, 0.3) is 5.91 Å². The molecule has 1 aromatic rings. The van der Waals surface area contributed by atoms with Crippen molar-refractivity contribution in [1.82, 2.24) is 5.32 Å². The lowest BCUT2D eigenvalue weighted by Gasteiger charge is -2.08. The lowest BCUT2D eigenvalue weighted by atomic mass is 10.1. The normalized spacial score (nSPS) is 10.4. The number of nitrogens with one attached hydrogen (secondary N) is 1. The van der Waals surface area contributed by atoms with Crippen LogP contribution in [0.1, 0.15) is 35.2 Å². The van der Waals surface area contributed by atoms with E-state index >= 15 is 0 Å². The molecule has 0 aromatic heterocycles. The number of carbonyl (C=O) groups is 1. The van der Waals surface area contributed by atoms with Gasteiger partial charge in [-0.1, -0.05) is 18.6 Å². The Hall–Kier alpha value is -0.480. The smallest absolute Gasteiger partial charge is 0.252 e. The van der Waals surface area contributed by atoms with E-state index < -0.39 is 0 Å². The first kappa shape index (κ1) is 15.6. The molecule has 2 nitrogen and oxygen atoms in total. The van der Waals surface area contributed by atoms with Crippen molar-refractivity contribution in [1.29, 1.82) is 0 Å². The molecule has 4 heteroatoms. The summed E-state index contributed by atoms with van der Waals surface area (Å²) in [7, 11) is 0. The molecule has 0 heterocycles. The van der Waals surface area contributed by atoms with Crippen LogP contribution in [-0.4, -0.2) is 24.5 Å². The summed E-state index contributed by atoms with van der Waals surface area (Å²) in [4.78, 5) is 12.0. The summed E-state index contributed by atoms with van der Waals surface area (Å²) in [5, 5.41) is 2.97. The van der Waals surface area contributed by atoms with Crippen molar-refractivity contribution in [3.8, 4) is 0 Å². The molecule has 0 fully saturated rings. The third-order valence-corrected chi connectivity index (χ3v) is 4.50. The highest BCUT2D eigenvalue weighted by molar-refractivity contribution is 9.10. The number of benzene rings is 1. The highest BCUT2D eigenvalue weighted by Gasteiger charge is 2.10. The van der Waals surface area contributed by atoms with Crippen molar-refractivity contribution in [3.63, 3.8) is 0 Å². The first-order valence-electron chi connectivity index (χ1n) is 6.19. The summed E-state index contributed by atoms with van der Waals surface area (Å²) in [6, 6.07) is 5.75. The molecule has 0 aliphatic heterocycles. The van der Waals surface area contributed by atoms with Gasteiger partial charge in [0.1, 0.15) is 0 Å². The summed E-state index contributed by atoms with van der Waals surface area (Å²) in [6.45, 7) is 2.75. The molecule has 0 saturated carbocycles. The quantitative estimate of drug-likeness (QED) is 0.765. The second-order valence-corrected chi connectivity index (χ2v) is 6.02. The van der Waals surface area contributed by atoms with Crippen molar-refractivity contribution in [2.45, 2.75) is 26.2 Å². The number of hydrogen-bond donors (Lipinski definition) is 1. The Balaban J connectivity index is 2.35. The Morgan fingerprint density at radius 2 is 2.11 bits per heavy atom. The third kappa shape index (κ3) is 5.02. The van der Waals surface area contributed by atoms with Crippen LogP contribution in [0.3, 0.4) is 0 Å². The van der Waals surface area contributed by atoms with Gasteiger partial charge in [-0.2, -0.15) is 11.8 Å². The monoisotopic (exact) mass is 329 g/mol. The molecule has 0 spiro atoms. The van der Waals surface area contributed by atoms with Crippen molar-refractivity contribution >= 4 is 33.6 Å². The average molecular weight is 330 g/mol. The van der Waals surface area contributed by atoms with Gasteiger partial charge in [-0.3, -0.25) is 4.79 Å². The minimum absolute atomic E-state index is 0.00967. The molecule has 1 N–H and O–H groups in total. The molecule has 1 rings (SSSR count). The van der Waals surface area contributed by atoms with Crippen LogP contribution in [0.15, 0.2) is 22.7 Å². The van der Waals surface area contributed by atoms with Gasteiger partial charge in [0.2, 0.25) is 0 Å². The molecule has 18 heavy (non-hydrogen) atoms. The number of thioether (sulfide) groups is 1. The fraction of sp³-hybridized carbons (Fsp3) is 0.500. The first-order chi connectivity index (χ1) is 8.66. The Kier molecular flexibility index (Phi) is 7.44. The van der Waals surface area contributed by atoms with E-state index in [2.05, 4.69) is 27.5 Å². The third-order valence-electron chi connectivity index (χ3n) is 2.75. The van der Waals surface area contributed by atoms with Crippen LogP contribution in [0.2, 0.25) is 0 Å².